The summed E-state index contributed by atoms with van der Waals surface area (Å²) in [6.45, 7) is 5.10. The topological polar surface area (TPSA) is 56.7 Å². The minimum Gasteiger partial charge on any atom is -0.354 e. The molecule has 1 aromatic rings. The number of piperazine rings is 1. The summed E-state index contributed by atoms with van der Waals surface area (Å²) < 4.78 is 0. The molecule has 0 saturated carbocycles. The maximum Gasteiger partial charge on any atom is 0.256 e. The minimum atomic E-state index is -0.130. The van der Waals surface area contributed by atoms with Gasteiger partial charge in [-0.2, -0.15) is 0 Å². The van der Waals surface area contributed by atoms with E-state index in [1.807, 2.05) is 42.5 Å². The average Bonchev–Trinajstić information content (AvgIpc) is 2.91. The van der Waals surface area contributed by atoms with Gasteiger partial charge in [-0.15, -0.1) is 0 Å². The van der Waals surface area contributed by atoms with Gasteiger partial charge in [0.05, 0.1) is 6.04 Å². The van der Waals surface area contributed by atoms with Crippen LogP contribution in [0.3, 0.4) is 0 Å². The zero-order chi connectivity index (χ0) is 16.5. The van der Waals surface area contributed by atoms with Crippen molar-refractivity contribution < 1.29 is 4.79 Å². The zero-order valence-electron chi connectivity index (χ0n) is 13.8. The maximum atomic E-state index is 12.4. The number of nitrogens with one attached hydrogen (secondary N) is 2. The predicted octanol–water partition coefficient (Wildman–Crippen LogP) is 2.01. The van der Waals surface area contributed by atoms with Crippen molar-refractivity contribution in [1.29, 1.82) is 0 Å². The molecule has 0 aromatic heterocycles. The first-order valence-electron chi connectivity index (χ1n) is 8.61. The van der Waals surface area contributed by atoms with E-state index in [9.17, 15) is 4.79 Å². The Balaban J connectivity index is 1.70. The highest BCUT2D eigenvalue weighted by atomic mass is 16.1. The molecule has 1 saturated heterocycles. The van der Waals surface area contributed by atoms with E-state index in [0.29, 0.717) is 11.6 Å². The summed E-state index contributed by atoms with van der Waals surface area (Å²) in [5, 5.41) is 6.52. The third-order valence-electron chi connectivity index (χ3n) is 4.87. The van der Waals surface area contributed by atoms with Crippen molar-refractivity contribution >= 4 is 11.7 Å². The maximum absolute atomic E-state index is 12.4. The van der Waals surface area contributed by atoms with E-state index in [1.54, 1.807) is 0 Å². The van der Waals surface area contributed by atoms with Crippen molar-refractivity contribution in [2.75, 3.05) is 19.6 Å². The number of allylic oxidation sites excluding steroid dienone is 1. The fourth-order valence-corrected chi connectivity index (χ4v) is 3.51. The number of aliphatic imine (C=N–C) groups is 1. The second-order valence-corrected chi connectivity index (χ2v) is 6.43. The number of carbonyl (C=O) groups is 1. The summed E-state index contributed by atoms with van der Waals surface area (Å²) >= 11 is 0. The Kier molecular flexibility index (Phi) is 3.94. The van der Waals surface area contributed by atoms with Crippen LogP contribution in [0.25, 0.3) is 0 Å². The molecule has 2 unspecified atom stereocenters. The molecule has 0 spiro atoms. The Hall–Kier alpha value is -2.40. The van der Waals surface area contributed by atoms with E-state index in [1.165, 1.54) is 0 Å². The van der Waals surface area contributed by atoms with Crippen LogP contribution >= 0.6 is 0 Å². The molecule has 2 N–H and O–H groups in total. The van der Waals surface area contributed by atoms with Gasteiger partial charge in [-0.3, -0.25) is 9.79 Å². The fourth-order valence-electron chi connectivity index (χ4n) is 3.51. The second kappa shape index (κ2) is 6.24. The number of nitrogens with zero attached hydrogens (tertiary/aromatic N) is 2. The van der Waals surface area contributed by atoms with E-state index in [2.05, 4.69) is 22.5 Å². The summed E-state index contributed by atoms with van der Waals surface area (Å²) in [6.07, 6.45) is 7.13. The van der Waals surface area contributed by atoms with E-state index < -0.39 is 0 Å². The Morgan fingerprint density at radius 3 is 3.04 bits per heavy atom. The molecule has 1 aromatic carbocycles. The molecule has 124 valence electrons. The van der Waals surface area contributed by atoms with Crippen LogP contribution in [0, 0.1) is 0 Å². The van der Waals surface area contributed by atoms with Crippen molar-refractivity contribution in [1.82, 2.24) is 15.5 Å². The summed E-state index contributed by atoms with van der Waals surface area (Å²) in [5.41, 5.74) is 2.49. The lowest BCUT2D eigenvalue weighted by Crippen LogP contribution is -2.52. The molecule has 5 heteroatoms. The third-order valence-corrected chi connectivity index (χ3v) is 4.87. The molecule has 2 atom stereocenters. The largest absolute Gasteiger partial charge is 0.354 e. The quantitative estimate of drug-likeness (QED) is 0.831. The van der Waals surface area contributed by atoms with Crippen LogP contribution in [0.15, 0.2) is 53.2 Å². The molecular weight excluding hydrogens is 300 g/mol. The van der Waals surface area contributed by atoms with Crippen molar-refractivity contribution in [2.45, 2.75) is 25.4 Å². The molecule has 1 fully saturated rings. The van der Waals surface area contributed by atoms with E-state index >= 15 is 0 Å². The molecule has 3 aliphatic rings. The summed E-state index contributed by atoms with van der Waals surface area (Å²) in [5.74, 6) is 0.938. The van der Waals surface area contributed by atoms with Gasteiger partial charge in [0.1, 0.15) is 5.84 Å². The van der Waals surface area contributed by atoms with Crippen LogP contribution in [0.2, 0.25) is 0 Å². The zero-order valence-corrected chi connectivity index (χ0v) is 13.8. The molecular formula is C19H22N4O. The lowest BCUT2D eigenvalue weighted by Gasteiger charge is -2.35. The highest BCUT2D eigenvalue weighted by molar-refractivity contribution is 6.00. The summed E-state index contributed by atoms with van der Waals surface area (Å²) in [7, 11) is 0. The van der Waals surface area contributed by atoms with Crippen molar-refractivity contribution in [3.63, 3.8) is 0 Å². The number of amidine groups is 1. The van der Waals surface area contributed by atoms with E-state index in [-0.39, 0.29) is 11.9 Å². The van der Waals surface area contributed by atoms with Crippen LogP contribution in [-0.2, 0) is 0 Å². The van der Waals surface area contributed by atoms with Gasteiger partial charge >= 0.3 is 0 Å². The monoisotopic (exact) mass is 322 g/mol. The fraction of sp³-hybridized carbons (Fsp3) is 0.368. The molecule has 24 heavy (non-hydrogen) atoms. The molecule has 2 bridgehead atoms. The number of hydrogen-bond acceptors (Lipinski definition) is 4. The van der Waals surface area contributed by atoms with Gasteiger partial charge in [-0.25, -0.2) is 0 Å². The van der Waals surface area contributed by atoms with Gasteiger partial charge in [0, 0.05) is 36.9 Å². The highest BCUT2D eigenvalue weighted by Gasteiger charge is 2.26. The Labute approximate surface area is 142 Å². The minimum absolute atomic E-state index is 0.0594. The molecule has 5 nitrogen and oxygen atoms in total. The number of hydrogen-bond donors (Lipinski definition) is 2. The first kappa shape index (κ1) is 15.1. The van der Waals surface area contributed by atoms with Crippen LogP contribution in [-0.4, -0.2) is 42.3 Å². The van der Waals surface area contributed by atoms with Gasteiger partial charge in [-0.1, -0.05) is 25.1 Å². The SMILES string of the molecule is CCC1CN(C2=NC3C=C(C=C2)NC(=O)c2ccccc23)CCN1. The normalized spacial score (nSPS) is 25.9. The number of fused-ring (bicyclic) bond motifs is 3. The van der Waals surface area contributed by atoms with Crippen LogP contribution in [0.5, 0.6) is 0 Å². The second-order valence-electron chi connectivity index (χ2n) is 6.43. The smallest absolute Gasteiger partial charge is 0.256 e. The first-order chi connectivity index (χ1) is 11.7. The first-order valence-corrected chi connectivity index (χ1v) is 8.61. The number of rotatable bonds is 1. The van der Waals surface area contributed by atoms with Crippen molar-refractivity contribution in [3.8, 4) is 0 Å². The van der Waals surface area contributed by atoms with Crippen molar-refractivity contribution in [2.24, 2.45) is 4.99 Å². The molecule has 3 heterocycles. The van der Waals surface area contributed by atoms with E-state index in [4.69, 9.17) is 4.99 Å². The lowest BCUT2D eigenvalue weighted by atomic mass is 10.0. The molecule has 0 radical (unpaired) electrons. The van der Waals surface area contributed by atoms with Crippen LogP contribution in [0.1, 0.15) is 35.3 Å². The summed E-state index contributed by atoms with van der Waals surface area (Å²) in [6, 6.07) is 8.11. The molecule has 1 amide bonds. The predicted molar refractivity (Wildman–Crippen MR) is 95.0 cm³/mol. The Morgan fingerprint density at radius 1 is 1.29 bits per heavy atom. The van der Waals surface area contributed by atoms with Crippen molar-refractivity contribution in [3.05, 3.63) is 59.3 Å². The number of carbonyl (C=O) groups excluding carboxylic acids is 1. The lowest BCUT2D eigenvalue weighted by molar-refractivity contribution is 0.0967. The Bertz CT molecular complexity index is 749. The van der Waals surface area contributed by atoms with Gasteiger partial charge in [0.25, 0.3) is 5.91 Å². The highest BCUT2D eigenvalue weighted by Crippen LogP contribution is 2.29. The van der Waals surface area contributed by atoms with Gasteiger partial charge < -0.3 is 15.5 Å². The van der Waals surface area contributed by atoms with Crippen LogP contribution < -0.4 is 10.6 Å². The van der Waals surface area contributed by atoms with Crippen LogP contribution in [0.4, 0.5) is 0 Å². The third kappa shape index (κ3) is 2.76. The molecule has 3 aliphatic heterocycles. The van der Waals surface area contributed by atoms with Gasteiger partial charge in [-0.05, 0) is 36.3 Å². The number of amides is 1. The number of benzene rings is 1. The molecule has 4 rings (SSSR count). The Morgan fingerprint density at radius 2 is 2.17 bits per heavy atom. The van der Waals surface area contributed by atoms with Gasteiger partial charge in [0.15, 0.2) is 0 Å². The summed E-state index contributed by atoms with van der Waals surface area (Å²) in [4.78, 5) is 19.7. The molecule has 0 aliphatic carbocycles. The average molecular weight is 322 g/mol. The standard InChI is InChI=1S/C19H22N4O/c1-2-13-12-23(10-9-20-13)18-8-7-14-11-17(22-18)15-5-3-4-6-16(15)19(24)21-14/h3-8,11,13,17,20H,2,9-10,12H2,1H3,(H,21,24). The van der Waals surface area contributed by atoms with Gasteiger partial charge in [0.2, 0.25) is 0 Å². The van der Waals surface area contributed by atoms with E-state index in [0.717, 1.165) is 43.2 Å².